The van der Waals surface area contributed by atoms with E-state index in [2.05, 4.69) is 5.32 Å². The molecule has 0 radical (unpaired) electrons. The highest BCUT2D eigenvalue weighted by Gasteiger charge is 2.34. The van der Waals surface area contributed by atoms with E-state index in [9.17, 15) is 9.18 Å². The number of hydrogen-bond acceptors (Lipinski definition) is 2. The Balaban J connectivity index is 0.00000200. The van der Waals surface area contributed by atoms with E-state index in [4.69, 9.17) is 5.73 Å². The summed E-state index contributed by atoms with van der Waals surface area (Å²) in [5.41, 5.74) is 5.47. The second-order valence-corrected chi connectivity index (χ2v) is 5.82. The number of hydrogen-bond donors (Lipinski definition) is 2. The highest BCUT2D eigenvalue weighted by Crippen LogP contribution is 2.31. The molecule has 112 valence electrons. The molecule has 1 aliphatic carbocycles. The molecule has 1 atom stereocenters. The van der Waals surface area contributed by atoms with Crippen LogP contribution in [-0.4, -0.2) is 18.5 Å². The minimum Gasteiger partial charge on any atom is -0.354 e. The topological polar surface area (TPSA) is 55.1 Å². The van der Waals surface area contributed by atoms with Gasteiger partial charge in [-0.3, -0.25) is 4.79 Å². The summed E-state index contributed by atoms with van der Waals surface area (Å²) in [6, 6.07) is 6.40. The first-order valence-corrected chi connectivity index (χ1v) is 6.72. The van der Waals surface area contributed by atoms with E-state index in [0.29, 0.717) is 18.0 Å². The number of carbonyl (C=O) groups is 1. The Bertz CT molecular complexity index is 475. The van der Waals surface area contributed by atoms with Gasteiger partial charge in [-0.25, -0.2) is 4.39 Å². The maximum atomic E-state index is 13.8. The molecule has 5 heteroatoms. The predicted molar refractivity (Wildman–Crippen MR) is 80.4 cm³/mol. The van der Waals surface area contributed by atoms with Crippen molar-refractivity contribution < 1.29 is 9.18 Å². The van der Waals surface area contributed by atoms with Crippen molar-refractivity contribution in [1.29, 1.82) is 0 Å². The lowest BCUT2D eigenvalue weighted by Gasteiger charge is -2.25. The van der Waals surface area contributed by atoms with Crippen LogP contribution in [0.4, 0.5) is 4.39 Å². The number of nitrogens with one attached hydrogen (secondary N) is 1. The third kappa shape index (κ3) is 3.70. The third-order valence-electron chi connectivity index (χ3n) is 3.84. The monoisotopic (exact) mass is 300 g/mol. The molecule has 0 aliphatic heterocycles. The zero-order chi connectivity index (χ0) is 14.0. The quantitative estimate of drug-likeness (QED) is 0.877. The van der Waals surface area contributed by atoms with Crippen LogP contribution in [0, 0.1) is 11.7 Å². The van der Waals surface area contributed by atoms with Crippen molar-refractivity contribution in [1.82, 2.24) is 5.32 Å². The molecule has 20 heavy (non-hydrogen) atoms. The van der Waals surface area contributed by atoms with Crippen molar-refractivity contribution >= 4 is 18.3 Å². The highest BCUT2D eigenvalue weighted by atomic mass is 35.5. The molecule has 0 saturated heterocycles. The van der Waals surface area contributed by atoms with Crippen molar-refractivity contribution in [2.45, 2.75) is 38.1 Å². The second kappa shape index (κ2) is 6.55. The molecule has 1 amide bonds. The van der Waals surface area contributed by atoms with Crippen molar-refractivity contribution in [3.8, 4) is 0 Å². The zero-order valence-corrected chi connectivity index (χ0v) is 12.7. The van der Waals surface area contributed by atoms with Crippen LogP contribution in [0.5, 0.6) is 0 Å². The first-order chi connectivity index (χ1) is 8.93. The molecular formula is C15H22ClFN2O. The van der Waals surface area contributed by atoms with E-state index in [1.165, 1.54) is 6.07 Å². The molecule has 1 aliphatic rings. The fourth-order valence-corrected chi connectivity index (χ4v) is 2.21. The van der Waals surface area contributed by atoms with Crippen molar-refractivity contribution in [2.24, 2.45) is 11.7 Å². The van der Waals surface area contributed by atoms with E-state index < -0.39 is 5.41 Å². The molecule has 1 aromatic carbocycles. The first kappa shape index (κ1) is 16.9. The van der Waals surface area contributed by atoms with Crippen LogP contribution < -0.4 is 11.1 Å². The largest absolute Gasteiger partial charge is 0.354 e. The first-order valence-electron chi connectivity index (χ1n) is 6.72. The minimum atomic E-state index is -0.894. The summed E-state index contributed by atoms with van der Waals surface area (Å²) >= 11 is 0. The summed E-state index contributed by atoms with van der Waals surface area (Å²) in [5.74, 6) is -0.000264. The fraction of sp³-hybridized carbons (Fsp3) is 0.533. The molecular weight excluding hydrogens is 279 g/mol. The minimum absolute atomic E-state index is 0. The van der Waals surface area contributed by atoms with Crippen molar-refractivity contribution in [3.05, 3.63) is 35.6 Å². The molecule has 1 unspecified atom stereocenters. The number of carbonyl (C=O) groups excluding carboxylic acids is 1. The molecule has 3 N–H and O–H groups in total. The average Bonchev–Trinajstić information content (AvgIpc) is 3.20. The summed E-state index contributed by atoms with van der Waals surface area (Å²) in [7, 11) is 0. The van der Waals surface area contributed by atoms with E-state index in [1.807, 2.05) is 0 Å². The van der Waals surface area contributed by atoms with Gasteiger partial charge < -0.3 is 11.1 Å². The Labute approximate surface area is 125 Å². The van der Waals surface area contributed by atoms with Gasteiger partial charge in [0.05, 0.1) is 5.41 Å². The maximum Gasteiger partial charge on any atom is 0.230 e. The standard InChI is InChI=1S/C15H21FN2O.ClH/c1-15(2,11-5-3-4-6-12(11)16)14(19)18-9-13(17)10-7-8-10;/h3-6,10,13H,7-9,17H2,1-2H3,(H,18,19);1H. The normalized spacial score (nSPS) is 16.2. The lowest BCUT2D eigenvalue weighted by atomic mass is 9.83. The Morgan fingerprint density at radius 1 is 1.45 bits per heavy atom. The SMILES string of the molecule is CC(C)(C(=O)NCC(N)C1CC1)c1ccccc1F.Cl. The van der Waals surface area contributed by atoms with Gasteiger partial charge in [-0.1, -0.05) is 18.2 Å². The van der Waals surface area contributed by atoms with Crippen molar-refractivity contribution in [2.75, 3.05) is 6.54 Å². The molecule has 2 rings (SSSR count). The van der Waals surface area contributed by atoms with Gasteiger partial charge in [-0.2, -0.15) is 0 Å². The zero-order valence-electron chi connectivity index (χ0n) is 11.9. The van der Waals surface area contributed by atoms with Crippen molar-refractivity contribution in [3.63, 3.8) is 0 Å². The molecule has 0 heterocycles. The van der Waals surface area contributed by atoms with Gasteiger partial charge in [0.1, 0.15) is 5.82 Å². The predicted octanol–water partition coefficient (Wildman–Crippen LogP) is 2.38. The Morgan fingerprint density at radius 3 is 2.60 bits per heavy atom. The van der Waals surface area contributed by atoms with Crippen LogP contribution in [0.1, 0.15) is 32.3 Å². The molecule has 0 bridgehead atoms. The molecule has 0 spiro atoms. The summed E-state index contributed by atoms with van der Waals surface area (Å²) in [5, 5.41) is 2.84. The van der Waals surface area contributed by atoms with E-state index in [-0.39, 0.29) is 30.2 Å². The van der Waals surface area contributed by atoms with Crippen LogP contribution >= 0.6 is 12.4 Å². The highest BCUT2D eigenvalue weighted by molar-refractivity contribution is 5.87. The number of rotatable bonds is 5. The molecule has 1 saturated carbocycles. The lowest BCUT2D eigenvalue weighted by Crippen LogP contribution is -2.46. The number of halogens is 2. The summed E-state index contributed by atoms with van der Waals surface area (Å²) in [6.07, 6.45) is 2.29. The summed E-state index contributed by atoms with van der Waals surface area (Å²) in [4.78, 5) is 12.2. The van der Waals surface area contributed by atoms with E-state index in [1.54, 1.807) is 32.0 Å². The van der Waals surface area contributed by atoms with Crippen LogP contribution in [0.15, 0.2) is 24.3 Å². The summed E-state index contributed by atoms with van der Waals surface area (Å²) in [6.45, 7) is 3.91. The van der Waals surface area contributed by atoms with E-state index in [0.717, 1.165) is 12.8 Å². The smallest absolute Gasteiger partial charge is 0.230 e. The number of benzene rings is 1. The Kier molecular flexibility index (Phi) is 5.54. The van der Waals surface area contributed by atoms with Gasteiger partial charge in [0.25, 0.3) is 0 Å². The Hall–Kier alpha value is -1.13. The van der Waals surface area contributed by atoms with Crippen LogP contribution in [-0.2, 0) is 10.2 Å². The molecule has 0 aromatic heterocycles. The fourth-order valence-electron chi connectivity index (χ4n) is 2.21. The van der Waals surface area contributed by atoms with Gasteiger partial charge in [0, 0.05) is 18.2 Å². The van der Waals surface area contributed by atoms with Crippen LogP contribution in [0.2, 0.25) is 0 Å². The van der Waals surface area contributed by atoms with Gasteiger partial charge in [-0.15, -0.1) is 12.4 Å². The third-order valence-corrected chi connectivity index (χ3v) is 3.84. The summed E-state index contributed by atoms with van der Waals surface area (Å²) < 4.78 is 13.8. The van der Waals surface area contributed by atoms with E-state index >= 15 is 0 Å². The number of nitrogens with two attached hydrogens (primary N) is 1. The van der Waals surface area contributed by atoms with Gasteiger partial charge >= 0.3 is 0 Å². The van der Waals surface area contributed by atoms with Crippen LogP contribution in [0.25, 0.3) is 0 Å². The van der Waals surface area contributed by atoms with Crippen LogP contribution in [0.3, 0.4) is 0 Å². The Morgan fingerprint density at radius 2 is 2.05 bits per heavy atom. The number of amides is 1. The molecule has 3 nitrogen and oxygen atoms in total. The molecule has 1 aromatic rings. The van der Waals surface area contributed by atoms with Gasteiger partial charge in [-0.05, 0) is 38.7 Å². The average molecular weight is 301 g/mol. The molecule has 1 fully saturated rings. The second-order valence-electron chi connectivity index (χ2n) is 5.82. The lowest BCUT2D eigenvalue weighted by molar-refractivity contribution is -0.125. The maximum absolute atomic E-state index is 13.8. The van der Waals surface area contributed by atoms with Gasteiger partial charge in [0.2, 0.25) is 5.91 Å². The van der Waals surface area contributed by atoms with Gasteiger partial charge in [0.15, 0.2) is 0 Å².